The van der Waals surface area contributed by atoms with Crippen LogP contribution in [-0.4, -0.2) is 5.50 Å². The van der Waals surface area contributed by atoms with Crippen molar-refractivity contribution in [2.75, 3.05) is 0 Å². The summed E-state index contributed by atoms with van der Waals surface area (Å²) in [7, 11) is 0. The van der Waals surface area contributed by atoms with E-state index in [9.17, 15) is 0 Å². The van der Waals surface area contributed by atoms with Crippen molar-refractivity contribution >= 4 is 23.2 Å². The molecule has 0 spiro atoms. The van der Waals surface area contributed by atoms with Gasteiger partial charge in [0.2, 0.25) is 0 Å². The van der Waals surface area contributed by atoms with Crippen molar-refractivity contribution in [2.45, 2.75) is 32.7 Å². The molecular weight excluding hydrogens is 195 g/mol. The largest absolute Gasteiger partial charge is 0.389 e. The molecule has 0 radical (unpaired) electrons. The molecule has 12 heavy (non-hydrogen) atoms. The highest BCUT2D eigenvalue weighted by atomic mass is 35.5. The molecule has 0 aromatic heterocycles. The van der Waals surface area contributed by atoms with Crippen LogP contribution in [-0.2, 0) is 0 Å². The maximum atomic E-state index is 5.72. The average Bonchev–Trinajstić information content (AvgIpc) is 1.79. The van der Waals surface area contributed by atoms with Crippen LogP contribution < -0.4 is 11.5 Å². The zero-order valence-corrected chi connectivity index (χ0v) is 9.21. The molecule has 1 atom stereocenters. The first-order valence-corrected chi connectivity index (χ1v) is 4.61. The van der Waals surface area contributed by atoms with Gasteiger partial charge in [0.15, 0.2) is 0 Å². The van der Waals surface area contributed by atoms with E-state index in [4.69, 9.17) is 34.7 Å². The van der Waals surface area contributed by atoms with Gasteiger partial charge in [0.1, 0.15) is 0 Å². The molecule has 2 nitrogen and oxygen atoms in total. The zero-order valence-electron chi connectivity index (χ0n) is 7.70. The van der Waals surface area contributed by atoms with E-state index in [0.717, 1.165) is 5.57 Å². The number of hydrogen-bond acceptors (Lipinski definition) is 2. The van der Waals surface area contributed by atoms with E-state index in [1.165, 1.54) is 0 Å². The monoisotopic (exact) mass is 210 g/mol. The van der Waals surface area contributed by atoms with Crippen molar-refractivity contribution in [3.63, 3.8) is 0 Å². The number of rotatable bonds is 2. The van der Waals surface area contributed by atoms with Gasteiger partial charge in [0.25, 0.3) is 0 Å². The van der Waals surface area contributed by atoms with E-state index in [-0.39, 0.29) is 5.41 Å². The van der Waals surface area contributed by atoms with Crippen LogP contribution in [0.25, 0.3) is 0 Å². The smallest absolute Gasteiger partial charge is 0.0990 e. The summed E-state index contributed by atoms with van der Waals surface area (Å²) < 4.78 is 0. The molecular formula is C8H16Cl2N2. The molecule has 0 amide bonds. The van der Waals surface area contributed by atoms with Gasteiger partial charge < -0.3 is 11.5 Å². The summed E-state index contributed by atoms with van der Waals surface area (Å²) in [5, 5.41) is 0.304. The first-order valence-electron chi connectivity index (χ1n) is 3.79. The van der Waals surface area contributed by atoms with Gasteiger partial charge in [0, 0.05) is 6.42 Å². The van der Waals surface area contributed by atoms with Crippen molar-refractivity contribution < 1.29 is 0 Å². The van der Waals surface area contributed by atoms with Crippen LogP contribution in [0, 0.1) is 5.41 Å². The van der Waals surface area contributed by atoms with Gasteiger partial charge in [-0.1, -0.05) is 32.4 Å². The second-order valence-electron chi connectivity index (χ2n) is 3.80. The molecule has 0 rings (SSSR count). The van der Waals surface area contributed by atoms with Gasteiger partial charge in [-0.2, -0.15) is 0 Å². The zero-order chi connectivity index (χ0) is 9.94. The minimum Gasteiger partial charge on any atom is -0.389 e. The fourth-order valence-corrected chi connectivity index (χ4v) is 1.47. The Kier molecular flexibility index (Phi) is 4.38. The van der Waals surface area contributed by atoms with Crippen LogP contribution in [0.1, 0.15) is 27.2 Å². The lowest BCUT2D eigenvalue weighted by Crippen LogP contribution is -2.21. The Labute approximate surface area is 83.9 Å². The molecule has 0 saturated carbocycles. The molecule has 1 unspecified atom stereocenters. The fraction of sp³-hybridized carbons (Fsp3) is 0.750. The van der Waals surface area contributed by atoms with Gasteiger partial charge >= 0.3 is 0 Å². The Morgan fingerprint density at radius 2 is 1.83 bits per heavy atom. The van der Waals surface area contributed by atoms with E-state index in [1.54, 1.807) is 0 Å². The van der Waals surface area contributed by atoms with Crippen molar-refractivity contribution in [1.82, 2.24) is 0 Å². The molecule has 0 aliphatic heterocycles. The van der Waals surface area contributed by atoms with Crippen LogP contribution >= 0.6 is 23.2 Å². The molecule has 0 aromatic rings. The molecule has 4 heteroatoms. The average molecular weight is 211 g/mol. The summed E-state index contributed by atoms with van der Waals surface area (Å²) >= 11 is 11.4. The maximum absolute atomic E-state index is 5.72. The Morgan fingerprint density at radius 1 is 1.42 bits per heavy atom. The van der Waals surface area contributed by atoms with E-state index >= 15 is 0 Å². The minimum atomic E-state index is -0.420. The molecule has 0 fully saturated rings. The highest BCUT2D eigenvalue weighted by molar-refractivity contribution is 6.29. The molecule has 4 N–H and O–H groups in total. The summed E-state index contributed by atoms with van der Waals surface area (Å²) in [5.41, 5.74) is 11.4. The third-order valence-electron chi connectivity index (χ3n) is 1.59. The quantitative estimate of drug-likeness (QED) is 0.544. The van der Waals surface area contributed by atoms with Gasteiger partial charge in [-0.3, -0.25) is 0 Å². The maximum Gasteiger partial charge on any atom is 0.0990 e. The Balaban J connectivity index is 4.60. The Bertz CT molecular complexity index is 176. The normalized spacial score (nSPS) is 17.2. The number of halogens is 2. The molecule has 0 saturated heterocycles. The summed E-state index contributed by atoms with van der Waals surface area (Å²) in [5.74, 6) is 0. The third kappa shape index (κ3) is 4.19. The summed E-state index contributed by atoms with van der Waals surface area (Å²) in [6.07, 6.45) is 0.528. The van der Waals surface area contributed by atoms with E-state index in [0.29, 0.717) is 11.6 Å². The third-order valence-corrected chi connectivity index (χ3v) is 1.98. The Hall–Kier alpha value is 0.0800. The van der Waals surface area contributed by atoms with Crippen LogP contribution in [0.4, 0.5) is 0 Å². The standard InChI is InChI=1S/C8H16Cl2N2/c1-8(2,3)5(7(10)12)4-6(9)11/h6H,4,11-12H2,1-3H3/b7-5+. The lowest BCUT2D eigenvalue weighted by Gasteiger charge is -2.24. The van der Waals surface area contributed by atoms with Crippen LogP contribution in [0.5, 0.6) is 0 Å². The fourth-order valence-electron chi connectivity index (χ4n) is 0.957. The van der Waals surface area contributed by atoms with Crippen LogP contribution in [0.2, 0.25) is 0 Å². The van der Waals surface area contributed by atoms with Crippen molar-refractivity contribution in [3.05, 3.63) is 10.7 Å². The van der Waals surface area contributed by atoms with Crippen LogP contribution in [0.15, 0.2) is 10.7 Å². The molecule has 0 heterocycles. The highest BCUT2D eigenvalue weighted by Crippen LogP contribution is 2.31. The van der Waals surface area contributed by atoms with Crippen LogP contribution in [0.3, 0.4) is 0 Å². The van der Waals surface area contributed by atoms with Gasteiger partial charge in [-0.05, 0) is 11.0 Å². The van der Waals surface area contributed by atoms with Gasteiger partial charge in [-0.25, -0.2) is 0 Å². The number of hydrogen-bond donors (Lipinski definition) is 2. The van der Waals surface area contributed by atoms with Gasteiger partial charge in [-0.15, -0.1) is 11.6 Å². The second-order valence-corrected chi connectivity index (χ2v) is 4.76. The van der Waals surface area contributed by atoms with Crippen molar-refractivity contribution in [2.24, 2.45) is 16.9 Å². The predicted octanol–water partition coefficient (Wildman–Crippen LogP) is 2.36. The topological polar surface area (TPSA) is 52.0 Å². The van der Waals surface area contributed by atoms with E-state index in [1.807, 2.05) is 20.8 Å². The minimum absolute atomic E-state index is 0.0711. The SMILES string of the molecule is CC(C)(C)/C(CC(N)Cl)=C(/N)Cl. The number of alkyl halides is 1. The first-order chi connectivity index (χ1) is 5.25. The summed E-state index contributed by atoms with van der Waals surface area (Å²) in [4.78, 5) is 0. The lowest BCUT2D eigenvalue weighted by molar-refractivity contribution is 0.476. The number of nitrogens with two attached hydrogens (primary N) is 2. The molecule has 0 bridgehead atoms. The lowest BCUT2D eigenvalue weighted by atomic mass is 9.85. The van der Waals surface area contributed by atoms with E-state index < -0.39 is 5.50 Å². The molecule has 0 aliphatic carbocycles. The molecule has 0 aliphatic rings. The van der Waals surface area contributed by atoms with Gasteiger partial charge in [0.05, 0.1) is 10.7 Å². The first kappa shape index (κ1) is 12.1. The summed E-state index contributed by atoms with van der Waals surface area (Å²) in [6, 6.07) is 0. The van der Waals surface area contributed by atoms with E-state index in [2.05, 4.69) is 0 Å². The molecule has 72 valence electrons. The predicted molar refractivity (Wildman–Crippen MR) is 55.0 cm³/mol. The Morgan fingerprint density at radius 3 is 1.92 bits per heavy atom. The summed E-state index contributed by atoms with van der Waals surface area (Å²) in [6.45, 7) is 6.07. The second kappa shape index (κ2) is 4.35. The highest BCUT2D eigenvalue weighted by Gasteiger charge is 2.21. The molecule has 0 aromatic carbocycles. The van der Waals surface area contributed by atoms with Crippen molar-refractivity contribution in [3.8, 4) is 0 Å². The van der Waals surface area contributed by atoms with Crippen molar-refractivity contribution in [1.29, 1.82) is 0 Å².